The monoisotopic (exact) mass is 433 g/mol. The van der Waals surface area contributed by atoms with E-state index >= 15 is 0 Å². The maximum absolute atomic E-state index is 12.5. The number of nitrogens with zero attached hydrogens (tertiary/aromatic N) is 1. The van der Waals surface area contributed by atoms with Crippen molar-refractivity contribution in [2.24, 2.45) is 4.99 Å². The summed E-state index contributed by atoms with van der Waals surface area (Å²) in [4.78, 5) is 16.5. The third kappa shape index (κ3) is 4.23. The molecule has 0 N–H and O–H groups in total. The zero-order valence-electron chi connectivity index (χ0n) is 16.5. The van der Waals surface area contributed by atoms with Gasteiger partial charge in [-0.25, -0.2) is 9.79 Å². The molecule has 0 atom stereocenters. The highest BCUT2D eigenvalue weighted by molar-refractivity contribution is 6.13. The highest BCUT2D eigenvalue weighted by Gasteiger charge is 2.26. The summed E-state index contributed by atoms with van der Waals surface area (Å²) in [6.45, 7) is -2.19. The lowest BCUT2D eigenvalue weighted by molar-refractivity contribution is -0.129. The van der Waals surface area contributed by atoms with Crippen molar-refractivity contribution in [3.8, 4) is 28.7 Å². The number of methoxy groups -OCH3 is 2. The number of hydrogen-bond acceptors (Lipinski definition) is 8. The predicted octanol–water partition coefficient (Wildman–Crippen LogP) is 3.42. The average Bonchev–Trinajstić information content (AvgIpc) is 3.13. The normalized spacial score (nSPS) is 16.2. The van der Waals surface area contributed by atoms with Crippen molar-refractivity contribution < 1.29 is 42.0 Å². The van der Waals surface area contributed by atoms with Crippen LogP contribution in [0.4, 0.5) is 8.78 Å². The van der Waals surface area contributed by atoms with Crippen LogP contribution in [0.5, 0.6) is 28.7 Å². The van der Waals surface area contributed by atoms with Gasteiger partial charge < -0.3 is 28.4 Å². The number of alkyl halides is 2. The smallest absolute Gasteiger partial charge is 0.387 e. The Morgan fingerprint density at radius 3 is 2.55 bits per heavy atom. The molecular formula is C21H17F2NO7. The Labute approximate surface area is 175 Å². The molecule has 10 heteroatoms. The van der Waals surface area contributed by atoms with Gasteiger partial charge in [-0.3, -0.25) is 0 Å². The van der Waals surface area contributed by atoms with E-state index in [0.717, 1.165) is 0 Å². The summed E-state index contributed by atoms with van der Waals surface area (Å²) in [5.74, 6) is 0.674. The lowest BCUT2D eigenvalue weighted by Gasteiger charge is -2.20. The van der Waals surface area contributed by atoms with E-state index in [4.69, 9.17) is 23.7 Å². The van der Waals surface area contributed by atoms with Crippen LogP contribution in [0, 0.1) is 0 Å². The molecule has 0 saturated heterocycles. The summed E-state index contributed by atoms with van der Waals surface area (Å²) in [6, 6.07) is 7.48. The van der Waals surface area contributed by atoms with Gasteiger partial charge in [0.05, 0.1) is 14.2 Å². The highest BCUT2D eigenvalue weighted by atomic mass is 19.3. The molecule has 8 nitrogen and oxygen atoms in total. The number of esters is 1. The molecule has 2 aromatic carbocycles. The Kier molecular flexibility index (Phi) is 5.61. The minimum atomic E-state index is -3.00. The molecule has 2 aliphatic rings. The zero-order valence-corrected chi connectivity index (χ0v) is 16.5. The fourth-order valence-electron chi connectivity index (χ4n) is 3.06. The third-order valence-corrected chi connectivity index (χ3v) is 4.40. The standard InChI is InChI=1S/C21H17F2NO7/c1-26-15-10-12(3-4-14(15)30-21(22)23)19-24-13(20(25)31-19)7-11-8-16(27-2)18-17(9-11)28-5-6-29-18/h3-4,7-10,21H,5-6H2,1-2H3/b13-7-. The molecule has 0 radical (unpaired) electrons. The van der Waals surface area contributed by atoms with E-state index in [-0.39, 0.29) is 23.1 Å². The van der Waals surface area contributed by atoms with Crippen molar-refractivity contribution >= 4 is 17.9 Å². The largest absolute Gasteiger partial charge is 0.493 e. The molecule has 0 aromatic heterocycles. The maximum atomic E-state index is 12.5. The molecule has 0 saturated carbocycles. The lowest BCUT2D eigenvalue weighted by Crippen LogP contribution is -2.16. The van der Waals surface area contributed by atoms with E-state index in [1.165, 1.54) is 38.5 Å². The van der Waals surface area contributed by atoms with Gasteiger partial charge >= 0.3 is 12.6 Å². The number of fused-ring (bicyclic) bond motifs is 1. The molecular weight excluding hydrogens is 416 g/mol. The number of halogens is 2. The van der Waals surface area contributed by atoms with Crippen LogP contribution >= 0.6 is 0 Å². The first-order valence-electron chi connectivity index (χ1n) is 9.12. The van der Waals surface area contributed by atoms with Crippen LogP contribution in [0.15, 0.2) is 41.0 Å². The number of ether oxygens (including phenoxy) is 6. The summed E-state index contributed by atoms with van der Waals surface area (Å²) in [7, 11) is 2.81. The first kappa shape index (κ1) is 20.5. The predicted molar refractivity (Wildman–Crippen MR) is 104 cm³/mol. The van der Waals surface area contributed by atoms with Crippen LogP contribution in [0.2, 0.25) is 0 Å². The van der Waals surface area contributed by atoms with Crippen molar-refractivity contribution in [1.82, 2.24) is 0 Å². The second-order valence-electron chi connectivity index (χ2n) is 6.33. The number of carbonyl (C=O) groups is 1. The summed E-state index contributed by atoms with van der Waals surface area (Å²) >= 11 is 0. The summed E-state index contributed by atoms with van der Waals surface area (Å²) in [5, 5.41) is 0. The molecule has 0 bridgehead atoms. The van der Waals surface area contributed by atoms with Gasteiger partial charge in [0.25, 0.3) is 0 Å². The molecule has 2 heterocycles. The van der Waals surface area contributed by atoms with Crippen molar-refractivity contribution in [2.75, 3.05) is 27.4 Å². The van der Waals surface area contributed by atoms with Crippen molar-refractivity contribution in [3.63, 3.8) is 0 Å². The molecule has 162 valence electrons. The van der Waals surface area contributed by atoms with Gasteiger partial charge in [-0.15, -0.1) is 0 Å². The number of hydrogen-bond donors (Lipinski definition) is 0. The molecule has 2 aliphatic heterocycles. The second kappa shape index (κ2) is 8.50. The molecule has 4 rings (SSSR count). The van der Waals surface area contributed by atoms with Crippen molar-refractivity contribution in [1.29, 1.82) is 0 Å². The molecule has 31 heavy (non-hydrogen) atoms. The summed E-state index contributed by atoms with van der Waals surface area (Å²) < 4.78 is 56.2. The Balaban J connectivity index is 1.65. The molecule has 0 aliphatic carbocycles. The minimum Gasteiger partial charge on any atom is -0.493 e. The van der Waals surface area contributed by atoms with Crippen LogP contribution in [-0.4, -0.2) is 45.9 Å². The molecule has 0 amide bonds. The minimum absolute atomic E-state index is 0.00246. The SMILES string of the molecule is COc1cc(C2=N/C(=C\c3cc(OC)c4c(c3)OCCO4)C(=O)O2)ccc1OC(F)F. The van der Waals surface area contributed by atoms with Crippen LogP contribution < -0.4 is 23.7 Å². The van der Waals surface area contributed by atoms with Gasteiger partial charge in [0.2, 0.25) is 11.6 Å². The zero-order chi connectivity index (χ0) is 22.0. The number of rotatable bonds is 6. The van der Waals surface area contributed by atoms with E-state index in [9.17, 15) is 13.6 Å². The number of aliphatic imine (C=N–C) groups is 1. The Hall–Kier alpha value is -3.82. The Morgan fingerprint density at radius 1 is 1.03 bits per heavy atom. The van der Waals surface area contributed by atoms with Gasteiger partial charge in [-0.1, -0.05) is 0 Å². The summed E-state index contributed by atoms with van der Waals surface area (Å²) in [5.41, 5.74) is 0.992. The average molecular weight is 433 g/mol. The first-order valence-corrected chi connectivity index (χ1v) is 9.12. The van der Waals surface area contributed by atoms with Crippen LogP contribution in [0.25, 0.3) is 6.08 Å². The highest BCUT2D eigenvalue weighted by Crippen LogP contribution is 2.41. The van der Waals surface area contributed by atoms with E-state index in [2.05, 4.69) is 9.73 Å². The number of benzene rings is 2. The fraction of sp³-hybridized carbons (Fsp3) is 0.238. The van der Waals surface area contributed by atoms with Gasteiger partial charge in [-0.05, 0) is 42.0 Å². The fourth-order valence-corrected chi connectivity index (χ4v) is 3.06. The van der Waals surface area contributed by atoms with Crippen molar-refractivity contribution in [2.45, 2.75) is 6.61 Å². The number of cyclic esters (lactones) is 1. The summed E-state index contributed by atoms with van der Waals surface area (Å²) in [6.07, 6.45) is 1.52. The van der Waals surface area contributed by atoms with Crippen LogP contribution in [0.1, 0.15) is 11.1 Å². The first-order chi connectivity index (χ1) is 15.0. The van der Waals surface area contributed by atoms with Gasteiger partial charge in [0, 0.05) is 5.56 Å². The van der Waals surface area contributed by atoms with Gasteiger partial charge in [-0.2, -0.15) is 8.78 Å². The molecule has 0 spiro atoms. The third-order valence-electron chi connectivity index (χ3n) is 4.40. The van der Waals surface area contributed by atoms with E-state index in [0.29, 0.717) is 41.6 Å². The van der Waals surface area contributed by atoms with E-state index in [1.54, 1.807) is 12.1 Å². The number of carbonyl (C=O) groups excluding carboxylic acids is 1. The van der Waals surface area contributed by atoms with E-state index in [1.807, 2.05) is 0 Å². The topological polar surface area (TPSA) is 84.8 Å². The van der Waals surface area contributed by atoms with E-state index < -0.39 is 12.6 Å². The quantitative estimate of drug-likeness (QED) is 0.510. The second-order valence-corrected chi connectivity index (χ2v) is 6.33. The molecule has 2 aromatic rings. The lowest BCUT2D eigenvalue weighted by atomic mass is 10.1. The van der Waals surface area contributed by atoms with Crippen LogP contribution in [0.3, 0.4) is 0 Å². The Bertz CT molecular complexity index is 1060. The Morgan fingerprint density at radius 2 is 1.81 bits per heavy atom. The van der Waals surface area contributed by atoms with Crippen molar-refractivity contribution in [3.05, 3.63) is 47.2 Å². The molecule has 0 fully saturated rings. The van der Waals surface area contributed by atoms with Crippen LogP contribution in [-0.2, 0) is 9.53 Å². The van der Waals surface area contributed by atoms with Gasteiger partial charge in [0.1, 0.15) is 13.2 Å². The van der Waals surface area contributed by atoms with Gasteiger partial charge in [0.15, 0.2) is 28.7 Å². The molecule has 0 unspecified atom stereocenters. The maximum Gasteiger partial charge on any atom is 0.387 e.